The lowest BCUT2D eigenvalue weighted by Gasteiger charge is -2.39. The number of methoxy groups -OCH3 is 2. The molecule has 1 aromatic carbocycles. The maximum atomic E-state index is 12.4. The van der Waals surface area contributed by atoms with Crippen LogP contribution in [0.15, 0.2) is 54.0 Å². The molecule has 1 N–H and O–H groups in total. The highest BCUT2D eigenvalue weighted by molar-refractivity contribution is 5.90. The fraction of sp³-hybridized carbons (Fsp3) is 0.409. The monoisotopic (exact) mass is 382 g/mol. The summed E-state index contributed by atoms with van der Waals surface area (Å²) in [6.07, 6.45) is 7.13. The third-order valence-electron chi connectivity index (χ3n) is 5.65. The van der Waals surface area contributed by atoms with Gasteiger partial charge in [0.1, 0.15) is 0 Å². The highest BCUT2D eigenvalue weighted by Crippen LogP contribution is 2.39. The van der Waals surface area contributed by atoms with E-state index in [-0.39, 0.29) is 24.3 Å². The van der Waals surface area contributed by atoms with E-state index >= 15 is 0 Å². The van der Waals surface area contributed by atoms with Gasteiger partial charge in [0.2, 0.25) is 0 Å². The number of aromatic nitrogens is 1. The number of carbonyl (C=O) groups excluding carboxylic acids is 1. The van der Waals surface area contributed by atoms with Gasteiger partial charge in [0.15, 0.2) is 6.29 Å². The molecule has 1 fully saturated rings. The van der Waals surface area contributed by atoms with Crippen molar-refractivity contribution in [3.8, 4) is 0 Å². The Kier molecular flexibility index (Phi) is 5.24. The van der Waals surface area contributed by atoms with Crippen LogP contribution in [-0.4, -0.2) is 49.0 Å². The molecule has 148 valence electrons. The standard InChI is InChI=1S/C22H26N2O4/c1-14-18-12-24(9-8-15-11-23-20-7-5-4-6-16(15)20)13-19(22(25)27-3)17(18)10-21(26-2)28-14/h4-7,11-14,17,21,23H,8-10H2,1-3H3/t14-,17-,21?/m0/s1. The molecule has 0 spiro atoms. The molecule has 0 saturated carbocycles. The van der Waals surface area contributed by atoms with Crippen LogP contribution in [-0.2, 0) is 25.4 Å². The van der Waals surface area contributed by atoms with Gasteiger partial charge in [-0.25, -0.2) is 4.79 Å². The van der Waals surface area contributed by atoms with Crippen molar-refractivity contribution in [3.05, 3.63) is 59.6 Å². The molecule has 2 aromatic rings. The Balaban J connectivity index is 1.57. The summed E-state index contributed by atoms with van der Waals surface area (Å²) in [5, 5.41) is 1.24. The van der Waals surface area contributed by atoms with Crippen molar-refractivity contribution in [1.82, 2.24) is 9.88 Å². The van der Waals surface area contributed by atoms with Crippen LogP contribution in [0.5, 0.6) is 0 Å². The predicted molar refractivity (Wildman–Crippen MR) is 106 cm³/mol. The number of aromatic amines is 1. The number of carbonyl (C=O) groups is 1. The molecule has 0 radical (unpaired) electrons. The first kappa shape index (κ1) is 18.8. The fourth-order valence-electron chi connectivity index (χ4n) is 4.15. The molecule has 0 amide bonds. The molecule has 6 nitrogen and oxygen atoms in total. The van der Waals surface area contributed by atoms with Crippen LogP contribution >= 0.6 is 0 Å². The lowest BCUT2D eigenvalue weighted by Crippen LogP contribution is -2.40. The average Bonchev–Trinajstić information content (AvgIpc) is 3.14. The van der Waals surface area contributed by atoms with E-state index in [9.17, 15) is 4.79 Å². The van der Waals surface area contributed by atoms with Crippen LogP contribution in [0.1, 0.15) is 18.9 Å². The van der Waals surface area contributed by atoms with Gasteiger partial charge in [-0.05, 0) is 30.5 Å². The van der Waals surface area contributed by atoms with Gasteiger partial charge in [0, 0.05) is 55.5 Å². The van der Waals surface area contributed by atoms with Crippen molar-refractivity contribution in [2.45, 2.75) is 32.2 Å². The van der Waals surface area contributed by atoms with Crippen molar-refractivity contribution in [2.24, 2.45) is 5.92 Å². The molecule has 1 saturated heterocycles. The number of benzene rings is 1. The number of hydrogen-bond donors (Lipinski definition) is 1. The molecule has 0 aliphatic carbocycles. The lowest BCUT2D eigenvalue weighted by atomic mass is 9.82. The first-order valence-corrected chi connectivity index (χ1v) is 9.61. The van der Waals surface area contributed by atoms with Gasteiger partial charge in [-0.1, -0.05) is 18.2 Å². The molecule has 4 rings (SSSR count). The van der Waals surface area contributed by atoms with Gasteiger partial charge < -0.3 is 24.1 Å². The zero-order valence-corrected chi connectivity index (χ0v) is 16.5. The van der Waals surface area contributed by atoms with E-state index in [1.807, 2.05) is 19.2 Å². The number of H-pyrrole nitrogens is 1. The van der Waals surface area contributed by atoms with E-state index in [0.717, 1.165) is 24.1 Å². The first-order valence-electron chi connectivity index (χ1n) is 9.61. The lowest BCUT2D eigenvalue weighted by molar-refractivity contribution is -0.168. The Morgan fingerprint density at radius 2 is 2.11 bits per heavy atom. The van der Waals surface area contributed by atoms with Crippen molar-refractivity contribution in [1.29, 1.82) is 0 Å². The Hall–Kier alpha value is -2.57. The minimum atomic E-state index is -0.317. The maximum absolute atomic E-state index is 12.4. The Labute approximate surface area is 164 Å². The number of nitrogens with one attached hydrogen (secondary N) is 1. The van der Waals surface area contributed by atoms with E-state index in [2.05, 4.69) is 40.5 Å². The molecular formula is C22H26N2O4. The van der Waals surface area contributed by atoms with Gasteiger partial charge in [-0.2, -0.15) is 0 Å². The summed E-state index contributed by atoms with van der Waals surface area (Å²) in [7, 11) is 3.05. The number of para-hydroxylation sites is 1. The maximum Gasteiger partial charge on any atom is 0.335 e. The number of hydrogen-bond acceptors (Lipinski definition) is 5. The summed E-state index contributed by atoms with van der Waals surface area (Å²) in [5.41, 5.74) is 4.16. The highest BCUT2D eigenvalue weighted by atomic mass is 16.7. The quantitative estimate of drug-likeness (QED) is 0.804. The van der Waals surface area contributed by atoms with E-state index in [1.54, 1.807) is 7.11 Å². The van der Waals surface area contributed by atoms with Crippen LogP contribution in [0.25, 0.3) is 10.9 Å². The molecule has 2 aliphatic heterocycles. The summed E-state index contributed by atoms with van der Waals surface area (Å²) in [6, 6.07) is 8.29. The largest absolute Gasteiger partial charge is 0.466 e. The number of ether oxygens (including phenoxy) is 3. The molecule has 2 aliphatic rings. The number of nitrogens with zero attached hydrogens (tertiary/aromatic N) is 1. The van der Waals surface area contributed by atoms with E-state index in [0.29, 0.717) is 12.0 Å². The number of rotatable bonds is 5. The molecule has 6 heteroatoms. The minimum Gasteiger partial charge on any atom is -0.466 e. The van der Waals surface area contributed by atoms with Crippen LogP contribution in [0, 0.1) is 5.92 Å². The van der Waals surface area contributed by atoms with Crippen molar-refractivity contribution in [2.75, 3.05) is 20.8 Å². The first-order chi connectivity index (χ1) is 13.6. The Morgan fingerprint density at radius 3 is 2.89 bits per heavy atom. The van der Waals surface area contributed by atoms with Crippen LogP contribution < -0.4 is 0 Å². The summed E-state index contributed by atoms with van der Waals surface area (Å²) in [6.45, 7) is 2.76. The molecule has 1 aromatic heterocycles. The fourth-order valence-corrected chi connectivity index (χ4v) is 4.15. The van der Waals surface area contributed by atoms with Gasteiger partial charge >= 0.3 is 5.97 Å². The smallest absolute Gasteiger partial charge is 0.335 e. The average molecular weight is 382 g/mol. The summed E-state index contributed by atoms with van der Waals surface area (Å²) in [4.78, 5) is 17.8. The topological polar surface area (TPSA) is 63.8 Å². The van der Waals surface area contributed by atoms with Gasteiger partial charge in [-0.3, -0.25) is 0 Å². The Bertz CT molecular complexity index is 930. The molecule has 0 bridgehead atoms. The zero-order chi connectivity index (χ0) is 19.7. The molecule has 3 heterocycles. The second kappa shape index (κ2) is 7.81. The second-order valence-electron chi connectivity index (χ2n) is 7.28. The number of esters is 1. The summed E-state index contributed by atoms with van der Waals surface area (Å²) in [5.74, 6) is -0.331. The normalized spacial score (nSPS) is 24.5. The number of fused-ring (bicyclic) bond motifs is 2. The molecular weight excluding hydrogens is 356 g/mol. The minimum absolute atomic E-state index is 0.0366. The Morgan fingerprint density at radius 1 is 1.29 bits per heavy atom. The predicted octanol–water partition coefficient (Wildman–Crippen LogP) is 3.36. The van der Waals surface area contributed by atoms with Crippen LogP contribution in [0.2, 0.25) is 0 Å². The van der Waals surface area contributed by atoms with Crippen LogP contribution in [0.3, 0.4) is 0 Å². The van der Waals surface area contributed by atoms with Gasteiger partial charge in [-0.15, -0.1) is 0 Å². The van der Waals surface area contributed by atoms with Crippen molar-refractivity contribution in [3.63, 3.8) is 0 Å². The summed E-state index contributed by atoms with van der Waals surface area (Å²) < 4.78 is 16.4. The van der Waals surface area contributed by atoms with E-state index < -0.39 is 0 Å². The van der Waals surface area contributed by atoms with Crippen molar-refractivity contribution < 1.29 is 19.0 Å². The molecule has 1 unspecified atom stereocenters. The SMILES string of the molecule is COC(=O)C1=CN(CCc2c[nH]c3ccccc23)C=C2[C@@H]1CC(OC)O[C@H]2C. The van der Waals surface area contributed by atoms with Gasteiger partial charge in [0.25, 0.3) is 0 Å². The van der Waals surface area contributed by atoms with E-state index in [1.165, 1.54) is 18.1 Å². The zero-order valence-electron chi connectivity index (χ0n) is 16.5. The second-order valence-corrected chi connectivity index (χ2v) is 7.28. The van der Waals surface area contributed by atoms with Crippen molar-refractivity contribution >= 4 is 16.9 Å². The van der Waals surface area contributed by atoms with Crippen LogP contribution in [0.4, 0.5) is 0 Å². The molecule has 3 atom stereocenters. The van der Waals surface area contributed by atoms with Gasteiger partial charge in [0.05, 0.1) is 18.8 Å². The van der Waals surface area contributed by atoms with E-state index in [4.69, 9.17) is 14.2 Å². The third kappa shape index (κ3) is 3.45. The summed E-state index contributed by atoms with van der Waals surface area (Å²) >= 11 is 0. The highest BCUT2D eigenvalue weighted by Gasteiger charge is 2.39. The molecule has 28 heavy (non-hydrogen) atoms. The third-order valence-corrected chi connectivity index (χ3v) is 5.65.